The van der Waals surface area contributed by atoms with Gasteiger partial charge in [-0.1, -0.05) is 48.0 Å². The van der Waals surface area contributed by atoms with Crippen molar-refractivity contribution in [1.82, 2.24) is 4.31 Å². The van der Waals surface area contributed by atoms with E-state index in [1.54, 1.807) is 0 Å². The molecule has 1 aliphatic heterocycles. The summed E-state index contributed by atoms with van der Waals surface area (Å²) in [4.78, 5) is 0.904. The van der Waals surface area contributed by atoms with Crippen LogP contribution in [0.5, 0.6) is 0 Å². The van der Waals surface area contributed by atoms with Crippen molar-refractivity contribution in [3.63, 3.8) is 0 Å². The summed E-state index contributed by atoms with van der Waals surface area (Å²) in [7, 11) is -1.00. The Hall–Kier alpha value is -1.45. The van der Waals surface area contributed by atoms with Crippen LogP contribution in [0.1, 0.15) is 11.1 Å². The summed E-state index contributed by atoms with van der Waals surface area (Å²) in [6.45, 7) is 2.97. The van der Waals surface area contributed by atoms with Crippen molar-refractivity contribution in [2.24, 2.45) is 0 Å². The Labute approximate surface area is 116 Å². The topological polar surface area (TPSA) is 20.1 Å². The first-order chi connectivity index (χ1) is 9.24. The van der Waals surface area contributed by atoms with E-state index >= 15 is 0 Å². The van der Waals surface area contributed by atoms with Gasteiger partial charge in [-0.05, 0) is 31.0 Å². The predicted molar refractivity (Wildman–Crippen MR) is 78.2 cm³/mol. The van der Waals surface area contributed by atoms with E-state index in [1.807, 2.05) is 37.3 Å². The summed E-state index contributed by atoms with van der Waals surface area (Å²) in [6, 6.07) is 18.8. The minimum absolute atomic E-state index is 0.421. The second-order valence-corrected chi connectivity index (χ2v) is 6.44. The van der Waals surface area contributed by atoms with Gasteiger partial charge in [-0.3, -0.25) is 0 Å². The average molecular weight is 271 g/mol. The lowest BCUT2D eigenvalue weighted by molar-refractivity contribution is 0.642. The van der Waals surface area contributed by atoms with Gasteiger partial charge in [0.05, 0.1) is 4.90 Å². The summed E-state index contributed by atoms with van der Waals surface area (Å²) < 4.78 is 14.4. The Kier molecular flexibility index (Phi) is 3.49. The molecule has 0 N–H and O–H groups in total. The van der Waals surface area contributed by atoms with Crippen molar-refractivity contribution in [1.29, 1.82) is 0 Å². The van der Waals surface area contributed by atoms with E-state index in [4.69, 9.17) is 0 Å². The molecule has 2 unspecified atom stereocenters. The molecule has 0 aliphatic carbocycles. The fourth-order valence-corrected chi connectivity index (χ4v) is 3.50. The van der Waals surface area contributed by atoms with E-state index in [2.05, 4.69) is 28.6 Å². The van der Waals surface area contributed by atoms with Gasteiger partial charge in [0.25, 0.3) is 0 Å². The number of hydrogen-bond donors (Lipinski definition) is 0. The Morgan fingerprint density at radius 1 is 1.11 bits per heavy atom. The first kappa shape index (κ1) is 12.6. The first-order valence-electron chi connectivity index (χ1n) is 6.53. The first-order valence-corrected chi connectivity index (χ1v) is 7.64. The molecule has 1 aliphatic rings. The third kappa shape index (κ3) is 2.94. The minimum atomic E-state index is -1.00. The Morgan fingerprint density at radius 2 is 1.79 bits per heavy atom. The van der Waals surface area contributed by atoms with Gasteiger partial charge in [-0.2, -0.15) is 0 Å². The van der Waals surface area contributed by atoms with E-state index < -0.39 is 11.0 Å². The molecule has 0 bridgehead atoms. The van der Waals surface area contributed by atoms with Gasteiger partial charge in [0.15, 0.2) is 0 Å². The third-order valence-electron chi connectivity index (χ3n) is 3.41. The van der Waals surface area contributed by atoms with Crippen LogP contribution in [0.2, 0.25) is 0 Å². The lowest BCUT2D eigenvalue weighted by atomic mass is 10.1. The second kappa shape index (κ2) is 5.27. The highest BCUT2D eigenvalue weighted by Crippen LogP contribution is 2.27. The zero-order valence-corrected chi connectivity index (χ0v) is 11.8. The second-order valence-electron chi connectivity index (χ2n) is 5.01. The Balaban J connectivity index is 1.63. The fourth-order valence-electron chi connectivity index (χ4n) is 2.21. The molecule has 19 heavy (non-hydrogen) atoms. The average Bonchev–Trinajstić information content (AvgIpc) is 3.19. The highest BCUT2D eigenvalue weighted by Gasteiger charge is 2.39. The molecule has 0 aromatic heterocycles. The predicted octanol–water partition coefficient (Wildman–Crippen LogP) is 2.94. The molecular formula is C16H17NOS. The number of rotatable bonds is 4. The highest BCUT2D eigenvalue weighted by molar-refractivity contribution is 7.83. The van der Waals surface area contributed by atoms with Crippen LogP contribution < -0.4 is 0 Å². The monoisotopic (exact) mass is 271 g/mol. The molecule has 2 aromatic carbocycles. The maximum atomic E-state index is 12.4. The van der Waals surface area contributed by atoms with Crippen LogP contribution in [-0.2, 0) is 17.4 Å². The summed E-state index contributed by atoms with van der Waals surface area (Å²) in [5.74, 6) is 0. The fraction of sp³-hybridized carbons (Fsp3) is 0.250. The van der Waals surface area contributed by atoms with Crippen LogP contribution in [0, 0.1) is 6.92 Å². The molecule has 3 atom stereocenters. The number of benzene rings is 2. The molecule has 3 heteroatoms. The van der Waals surface area contributed by atoms with Gasteiger partial charge in [0.2, 0.25) is 0 Å². The molecular weight excluding hydrogens is 254 g/mol. The van der Waals surface area contributed by atoms with Crippen LogP contribution in [-0.4, -0.2) is 21.1 Å². The molecule has 0 saturated carbocycles. The van der Waals surface area contributed by atoms with Crippen LogP contribution in [0.3, 0.4) is 0 Å². The molecule has 0 amide bonds. The molecule has 2 nitrogen and oxygen atoms in total. The van der Waals surface area contributed by atoms with Gasteiger partial charge in [-0.15, -0.1) is 0 Å². The lowest BCUT2D eigenvalue weighted by Gasteiger charge is -2.05. The Morgan fingerprint density at radius 3 is 2.47 bits per heavy atom. The van der Waals surface area contributed by atoms with Crippen LogP contribution in [0.4, 0.5) is 0 Å². The lowest BCUT2D eigenvalue weighted by Crippen LogP contribution is -2.08. The summed E-state index contributed by atoms with van der Waals surface area (Å²) in [6.07, 6.45) is 0.985. The molecule has 3 rings (SSSR count). The molecule has 2 aromatic rings. The summed E-state index contributed by atoms with van der Waals surface area (Å²) in [5.41, 5.74) is 2.52. The molecule has 98 valence electrons. The number of aryl methyl sites for hydroxylation is 1. The van der Waals surface area contributed by atoms with Crippen molar-refractivity contribution in [2.75, 3.05) is 6.54 Å². The molecule has 1 fully saturated rings. The largest absolute Gasteiger partial charge is 0.237 e. The van der Waals surface area contributed by atoms with Gasteiger partial charge in [-0.25, -0.2) is 8.51 Å². The summed E-state index contributed by atoms with van der Waals surface area (Å²) >= 11 is 0. The number of nitrogens with zero attached hydrogens (tertiary/aromatic N) is 1. The van der Waals surface area contributed by atoms with Crippen molar-refractivity contribution < 1.29 is 4.21 Å². The van der Waals surface area contributed by atoms with Gasteiger partial charge < -0.3 is 0 Å². The Bertz CT molecular complexity index is 579. The van der Waals surface area contributed by atoms with Gasteiger partial charge in [0.1, 0.15) is 11.0 Å². The minimum Gasteiger partial charge on any atom is -0.237 e. The van der Waals surface area contributed by atoms with E-state index in [0.717, 1.165) is 17.9 Å². The van der Waals surface area contributed by atoms with Crippen molar-refractivity contribution in [3.05, 3.63) is 65.7 Å². The van der Waals surface area contributed by atoms with E-state index in [0.29, 0.717) is 6.04 Å². The van der Waals surface area contributed by atoms with Crippen molar-refractivity contribution in [2.45, 2.75) is 24.3 Å². The van der Waals surface area contributed by atoms with E-state index in [-0.39, 0.29) is 0 Å². The standard InChI is InChI=1S/C16H17NOS/c1-13-7-9-16(10-8-13)19(18)17-12-15(17)11-14-5-3-2-4-6-14/h2-10,15H,11-12H2,1H3/t15?,17?,19-/m0/s1. The third-order valence-corrected chi connectivity index (χ3v) is 4.96. The van der Waals surface area contributed by atoms with Crippen LogP contribution >= 0.6 is 0 Å². The van der Waals surface area contributed by atoms with Gasteiger partial charge in [0, 0.05) is 12.6 Å². The quantitative estimate of drug-likeness (QED) is 0.783. The van der Waals surface area contributed by atoms with Crippen LogP contribution in [0.15, 0.2) is 59.5 Å². The zero-order valence-electron chi connectivity index (χ0n) is 11.0. The smallest absolute Gasteiger partial charge is 0.127 e. The molecule has 1 saturated heterocycles. The SMILES string of the molecule is Cc1ccc([S@](=O)N2CC2Cc2ccccc2)cc1. The zero-order chi connectivity index (χ0) is 13.2. The van der Waals surface area contributed by atoms with Gasteiger partial charge >= 0.3 is 0 Å². The molecule has 0 spiro atoms. The maximum Gasteiger partial charge on any atom is 0.127 e. The molecule has 1 heterocycles. The molecule has 0 radical (unpaired) electrons. The normalized spacial score (nSPS) is 23.0. The van der Waals surface area contributed by atoms with Crippen molar-refractivity contribution in [3.8, 4) is 0 Å². The number of hydrogen-bond acceptors (Lipinski definition) is 1. The highest BCUT2D eigenvalue weighted by atomic mass is 32.2. The van der Waals surface area contributed by atoms with E-state index in [9.17, 15) is 4.21 Å². The van der Waals surface area contributed by atoms with E-state index in [1.165, 1.54) is 11.1 Å². The maximum absolute atomic E-state index is 12.4. The summed E-state index contributed by atoms with van der Waals surface area (Å²) in [5, 5.41) is 0. The van der Waals surface area contributed by atoms with Crippen molar-refractivity contribution >= 4 is 11.0 Å². The van der Waals surface area contributed by atoms with Crippen LogP contribution in [0.25, 0.3) is 0 Å².